The number of aliphatic hydroxyl groups excluding tert-OH is 1. The van der Waals surface area contributed by atoms with Crippen LogP contribution in [0, 0.1) is 12.8 Å². The van der Waals surface area contributed by atoms with Crippen molar-refractivity contribution in [1.29, 1.82) is 0 Å². The number of benzene rings is 2. The highest BCUT2D eigenvalue weighted by Gasteiger charge is 2.49. The van der Waals surface area contributed by atoms with Crippen LogP contribution >= 0.6 is 11.3 Å². The first-order valence-electron chi connectivity index (χ1n) is 14.6. The lowest BCUT2D eigenvalue weighted by molar-refractivity contribution is -0.132. The number of aryl methyl sites for hydroxylation is 1. The molecule has 0 spiro atoms. The number of carbonyl (C=O) groups is 3. The minimum atomic E-state index is -1.07. The predicted octanol–water partition coefficient (Wildman–Crippen LogP) is 6.01. The summed E-state index contributed by atoms with van der Waals surface area (Å²) in [5, 5.41) is 11.8. The van der Waals surface area contributed by atoms with Gasteiger partial charge in [-0.2, -0.15) is 0 Å². The van der Waals surface area contributed by atoms with Crippen LogP contribution in [0.25, 0.3) is 5.76 Å². The van der Waals surface area contributed by atoms with E-state index in [1.807, 2.05) is 6.92 Å². The highest BCUT2D eigenvalue weighted by molar-refractivity contribution is 7.17. The lowest BCUT2D eigenvalue weighted by Crippen LogP contribution is -2.29. The monoisotopic (exact) mass is 620 g/mol. The van der Waals surface area contributed by atoms with Gasteiger partial charge in [0.25, 0.3) is 5.78 Å². The molecule has 232 valence electrons. The zero-order valence-electron chi connectivity index (χ0n) is 25.6. The maximum atomic E-state index is 13.7. The quantitative estimate of drug-likeness (QED) is 0.126. The third-order valence-corrected chi connectivity index (χ3v) is 8.66. The van der Waals surface area contributed by atoms with Gasteiger partial charge in [-0.1, -0.05) is 31.3 Å². The van der Waals surface area contributed by atoms with Gasteiger partial charge in [0.15, 0.2) is 16.6 Å². The fourth-order valence-corrected chi connectivity index (χ4v) is 6.31. The second-order valence-electron chi connectivity index (χ2n) is 11.2. The van der Waals surface area contributed by atoms with Gasteiger partial charge >= 0.3 is 11.9 Å². The summed E-state index contributed by atoms with van der Waals surface area (Å²) in [5.41, 5.74) is 2.02. The first-order valence-corrected chi connectivity index (χ1v) is 15.4. The van der Waals surface area contributed by atoms with Gasteiger partial charge in [0.1, 0.15) is 22.5 Å². The normalized spacial score (nSPS) is 18.8. The third-order valence-electron chi connectivity index (χ3n) is 7.52. The van der Waals surface area contributed by atoms with E-state index in [4.69, 9.17) is 18.9 Å². The molecule has 0 radical (unpaired) electrons. The zero-order valence-corrected chi connectivity index (χ0v) is 26.4. The van der Waals surface area contributed by atoms with Crippen molar-refractivity contribution in [2.45, 2.75) is 59.6 Å². The summed E-state index contributed by atoms with van der Waals surface area (Å²) >= 11 is 0.952. The Kier molecular flexibility index (Phi) is 8.96. The van der Waals surface area contributed by atoms with Crippen LogP contribution in [0.5, 0.6) is 17.2 Å². The van der Waals surface area contributed by atoms with Crippen LogP contribution in [0.15, 0.2) is 42.0 Å². The number of ether oxygens (including phenoxy) is 4. The molecule has 0 aliphatic carbocycles. The first-order chi connectivity index (χ1) is 21.0. The molecule has 2 aliphatic rings. The predicted molar refractivity (Wildman–Crippen MR) is 166 cm³/mol. The number of Topliss-reactive ketones (excluding diaryl/α,β-unsaturated/α-hetero) is 1. The smallest absolute Gasteiger partial charge is 0.350 e. The maximum Gasteiger partial charge on any atom is 0.350 e. The molecule has 1 amide bonds. The van der Waals surface area contributed by atoms with E-state index in [-0.39, 0.29) is 34.1 Å². The van der Waals surface area contributed by atoms with E-state index in [0.717, 1.165) is 23.3 Å². The maximum absolute atomic E-state index is 13.7. The van der Waals surface area contributed by atoms with Crippen molar-refractivity contribution in [2.75, 3.05) is 25.2 Å². The number of rotatable bonds is 10. The molecule has 0 saturated carbocycles. The number of esters is 1. The lowest BCUT2D eigenvalue weighted by Gasteiger charge is -2.24. The van der Waals surface area contributed by atoms with E-state index in [1.165, 1.54) is 12.0 Å². The fraction of sp³-hybridized carbons (Fsp3) is 0.394. The van der Waals surface area contributed by atoms with Crippen LogP contribution in [0.3, 0.4) is 0 Å². The molecular weight excluding hydrogens is 584 g/mol. The van der Waals surface area contributed by atoms with Gasteiger partial charge in [-0.15, -0.1) is 0 Å². The van der Waals surface area contributed by atoms with Crippen molar-refractivity contribution in [2.24, 2.45) is 5.92 Å². The van der Waals surface area contributed by atoms with E-state index in [1.54, 1.807) is 50.2 Å². The summed E-state index contributed by atoms with van der Waals surface area (Å²) in [7, 11) is 1.51. The number of hydrogen-bond donors (Lipinski definition) is 1. The molecule has 11 heteroatoms. The molecule has 5 rings (SSSR count). The van der Waals surface area contributed by atoms with Crippen molar-refractivity contribution in [3.8, 4) is 17.2 Å². The minimum Gasteiger partial charge on any atom is -0.507 e. The number of ketones is 1. The van der Waals surface area contributed by atoms with Gasteiger partial charge < -0.3 is 24.1 Å². The van der Waals surface area contributed by atoms with Crippen LogP contribution in [0.4, 0.5) is 5.13 Å². The molecule has 1 N–H and O–H groups in total. The number of nitrogens with zero attached hydrogens (tertiary/aromatic N) is 2. The summed E-state index contributed by atoms with van der Waals surface area (Å²) in [6.45, 7) is 10.2. The third kappa shape index (κ3) is 5.88. The van der Waals surface area contributed by atoms with E-state index < -0.39 is 23.7 Å². The van der Waals surface area contributed by atoms with Gasteiger partial charge in [0, 0.05) is 12.0 Å². The Morgan fingerprint density at radius 1 is 1.18 bits per heavy atom. The molecule has 0 bridgehead atoms. The molecule has 2 aromatic carbocycles. The lowest BCUT2D eigenvalue weighted by atomic mass is 9.94. The van der Waals surface area contributed by atoms with Gasteiger partial charge in [-0.25, -0.2) is 9.78 Å². The molecule has 10 nitrogen and oxygen atoms in total. The SMILES string of the molecule is CCOC(=O)c1sc(N2C(=O)C(=O)C(=C(O)c3ccc4c(c3)CC(C)O4)C2c2ccc(OCCC(C)C)c(OC)c2)nc1C. The molecule has 2 atom stereocenters. The molecular formula is C33H36N2O8S. The second kappa shape index (κ2) is 12.7. The summed E-state index contributed by atoms with van der Waals surface area (Å²) in [5.74, 6) is -0.563. The molecule has 2 aliphatic heterocycles. The van der Waals surface area contributed by atoms with E-state index >= 15 is 0 Å². The average molecular weight is 621 g/mol. The van der Waals surface area contributed by atoms with E-state index in [9.17, 15) is 19.5 Å². The standard InChI is InChI=1S/C33H36N2O8S/c1-7-41-32(39)30-19(5)34-33(44-30)35-27(20-8-11-24(25(16-20)40-6)42-13-12-17(2)3)26(29(37)31(35)38)28(36)21-9-10-23-22(15-21)14-18(4)43-23/h8-11,15-18,27,36H,7,12-14H2,1-6H3. The number of amides is 1. The van der Waals surface area contributed by atoms with Crippen molar-refractivity contribution in [1.82, 2.24) is 4.98 Å². The fourth-order valence-electron chi connectivity index (χ4n) is 5.32. The number of thiazole rings is 1. The van der Waals surface area contributed by atoms with Crippen molar-refractivity contribution in [3.63, 3.8) is 0 Å². The largest absolute Gasteiger partial charge is 0.507 e. The van der Waals surface area contributed by atoms with Gasteiger partial charge in [-0.05, 0) is 74.6 Å². The Labute approximate surface area is 260 Å². The number of anilines is 1. The van der Waals surface area contributed by atoms with E-state index in [2.05, 4.69) is 18.8 Å². The molecule has 3 aromatic rings. The molecule has 2 unspecified atom stereocenters. The Morgan fingerprint density at radius 3 is 2.66 bits per heavy atom. The van der Waals surface area contributed by atoms with Gasteiger partial charge in [0.05, 0.1) is 37.6 Å². The number of aromatic nitrogens is 1. The Bertz CT molecular complexity index is 1640. The van der Waals surface area contributed by atoms with Crippen LogP contribution in [0.2, 0.25) is 0 Å². The molecule has 1 saturated heterocycles. The Hall–Kier alpha value is -4.38. The summed E-state index contributed by atoms with van der Waals surface area (Å²) in [6, 6.07) is 9.26. The topological polar surface area (TPSA) is 124 Å². The number of carbonyl (C=O) groups excluding carboxylic acids is 3. The summed E-state index contributed by atoms with van der Waals surface area (Å²) in [4.78, 5) is 46.0. The number of aliphatic hydroxyl groups is 1. The molecule has 1 fully saturated rings. The summed E-state index contributed by atoms with van der Waals surface area (Å²) in [6.07, 6.45) is 1.49. The highest BCUT2D eigenvalue weighted by atomic mass is 32.1. The number of fused-ring (bicyclic) bond motifs is 1. The van der Waals surface area contributed by atoms with Crippen LogP contribution in [-0.2, 0) is 20.7 Å². The summed E-state index contributed by atoms with van der Waals surface area (Å²) < 4.78 is 22.6. The van der Waals surface area contributed by atoms with Crippen molar-refractivity contribution < 1.29 is 38.4 Å². The second-order valence-corrected chi connectivity index (χ2v) is 12.2. The van der Waals surface area contributed by atoms with Crippen LogP contribution in [0.1, 0.15) is 72.2 Å². The zero-order chi connectivity index (χ0) is 31.7. The van der Waals surface area contributed by atoms with Gasteiger partial charge in [0.2, 0.25) is 0 Å². The van der Waals surface area contributed by atoms with E-state index in [0.29, 0.717) is 53.0 Å². The van der Waals surface area contributed by atoms with Crippen molar-refractivity contribution in [3.05, 3.63) is 69.2 Å². The van der Waals surface area contributed by atoms with Crippen LogP contribution < -0.4 is 19.1 Å². The van der Waals surface area contributed by atoms with Crippen LogP contribution in [-0.4, -0.2) is 54.2 Å². The molecule has 1 aromatic heterocycles. The first kappa shape index (κ1) is 31.1. The highest BCUT2D eigenvalue weighted by Crippen LogP contribution is 2.46. The average Bonchev–Trinajstić information content (AvgIpc) is 3.64. The molecule has 44 heavy (non-hydrogen) atoms. The van der Waals surface area contributed by atoms with Crippen molar-refractivity contribution >= 4 is 39.9 Å². The Morgan fingerprint density at radius 2 is 1.95 bits per heavy atom. The Balaban J connectivity index is 1.64. The molecule has 3 heterocycles. The number of hydrogen-bond acceptors (Lipinski definition) is 10. The number of methoxy groups -OCH3 is 1. The van der Waals surface area contributed by atoms with Gasteiger partial charge in [-0.3, -0.25) is 14.5 Å². The minimum absolute atomic E-state index is 0.0107.